The molecule has 0 saturated heterocycles. The standard InChI is InChI=1S/C16H34N2/c1-6-14(3)12-18(7-2)16(13-17)11-9-8-10-15(16,4)5/h14H,6-13,17H2,1-5H3. The number of nitrogens with zero attached hydrogens (tertiary/aromatic N) is 1. The van der Waals surface area contributed by atoms with Crippen LogP contribution in [0.3, 0.4) is 0 Å². The molecule has 0 spiro atoms. The summed E-state index contributed by atoms with van der Waals surface area (Å²) in [6.45, 7) is 15.0. The zero-order chi connectivity index (χ0) is 13.8. The van der Waals surface area contributed by atoms with Gasteiger partial charge in [0.15, 0.2) is 0 Å². The number of hydrogen-bond acceptors (Lipinski definition) is 2. The van der Waals surface area contributed by atoms with E-state index in [4.69, 9.17) is 5.73 Å². The lowest BCUT2D eigenvalue weighted by Crippen LogP contribution is -2.64. The summed E-state index contributed by atoms with van der Waals surface area (Å²) in [5, 5.41) is 0. The van der Waals surface area contributed by atoms with E-state index in [1.54, 1.807) is 0 Å². The molecule has 0 heterocycles. The average Bonchev–Trinajstić information content (AvgIpc) is 2.36. The highest BCUT2D eigenvalue weighted by Crippen LogP contribution is 2.47. The molecule has 2 N–H and O–H groups in total. The first-order valence-corrected chi connectivity index (χ1v) is 7.88. The van der Waals surface area contributed by atoms with Crippen LogP contribution in [0.5, 0.6) is 0 Å². The first-order chi connectivity index (χ1) is 8.43. The Morgan fingerprint density at radius 3 is 2.22 bits per heavy atom. The van der Waals surface area contributed by atoms with Crippen LogP contribution in [-0.4, -0.2) is 30.1 Å². The lowest BCUT2D eigenvalue weighted by molar-refractivity contribution is -0.0478. The lowest BCUT2D eigenvalue weighted by Gasteiger charge is -2.56. The van der Waals surface area contributed by atoms with Gasteiger partial charge in [-0.15, -0.1) is 0 Å². The first kappa shape index (κ1) is 16.0. The first-order valence-electron chi connectivity index (χ1n) is 7.88. The molecule has 0 aromatic heterocycles. The van der Waals surface area contributed by atoms with Gasteiger partial charge in [-0.05, 0) is 30.7 Å². The molecule has 2 atom stereocenters. The number of nitrogens with two attached hydrogens (primary N) is 1. The van der Waals surface area contributed by atoms with Crippen LogP contribution in [0.2, 0.25) is 0 Å². The molecule has 108 valence electrons. The molecule has 0 aliphatic heterocycles. The Bertz CT molecular complexity index is 249. The van der Waals surface area contributed by atoms with E-state index in [9.17, 15) is 0 Å². The third-order valence-corrected chi connectivity index (χ3v) is 5.46. The van der Waals surface area contributed by atoms with Crippen molar-refractivity contribution in [3.05, 3.63) is 0 Å². The molecular formula is C16H34N2. The van der Waals surface area contributed by atoms with Crippen LogP contribution in [0.15, 0.2) is 0 Å². The quantitative estimate of drug-likeness (QED) is 0.784. The molecule has 1 rings (SSSR count). The minimum atomic E-state index is 0.226. The fourth-order valence-corrected chi connectivity index (χ4v) is 3.76. The van der Waals surface area contributed by atoms with Crippen molar-refractivity contribution in [3.8, 4) is 0 Å². The SMILES string of the molecule is CCC(C)CN(CC)C1(CN)CCCCC1(C)C. The smallest absolute Gasteiger partial charge is 0.0382 e. The summed E-state index contributed by atoms with van der Waals surface area (Å²) in [5.41, 5.74) is 6.84. The van der Waals surface area contributed by atoms with Gasteiger partial charge in [0.2, 0.25) is 0 Å². The van der Waals surface area contributed by atoms with Gasteiger partial charge in [0, 0.05) is 18.6 Å². The van der Waals surface area contributed by atoms with Gasteiger partial charge in [0.1, 0.15) is 0 Å². The Balaban J connectivity index is 2.95. The Kier molecular flexibility index (Phi) is 5.67. The van der Waals surface area contributed by atoms with Gasteiger partial charge in [0.25, 0.3) is 0 Å². The lowest BCUT2D eigenvalue weighted by atomic mass is 9.62. The number of hydrogen-bond donors (Lipinski definition) is 1. The Morgan fingerprint density at radius 1 is 1.17 bits per heavy atom. The average molecular weight is 254 g/mol. The van der Waals surface area contributed by atoms with Gasteiger partial charge in [-0.25, -0.2) is 0 Å². The van der Waals surface area contributed by atoms with Crippen LogP contribution in [0, 0.1) is 11.3 Å². The monoisotopic (exact) mass is 254 g/mol. The van der Waals surface area contributed by atoms with Crippen molar-refractivity contribution in [1.82, 2.24) is 4.90 Å². The second-order valence-corrected chi connectivity index (χ2v) is 6.88. The normalized spacial score (nSPS) is 29.5. The second-order valence-electron chi connectivity index (χ2n) is 6.88. The largest absolute Gasteiger partial charge is 0.329 e. The Morgan fingerprint density at radius 2 is 1.78 bits per heavy atom. The maximum Gasteiger partial charge on any atom is 0.0382 e. The maximum absolute atomic E-state index is 6.27. The van der Waals surface area contributed by atoms with E-state index in [0.717, 1.165) is 19.0 Å². The fourth-order valence-electron chi connectivity index (χ4n) is 3.76. The Labute approximate surface area is 114 Å². The van der Waals surface area contributed by atoms with E-state index >= 15 is 0 Å². The molecule has 1 aliphatic rings. The highest BCUT2D eigenvalue weighted by molar-refractivity contribution is 5.05. The number of likely N-dealkylation sites (N-methyl/N-ethyl adjacent to an activating group) is 1. The van der Waals surface area contributed by atoms with Gasteiger partial charge >= 0.3 is 0 Å². The van der Waals surface area contributed by atoms with E-state index in [0.29, 0.717) is 5.41 Å². The van der Waals surface area contributed by atoms with E-state index in [-0.39, 0.29) is 5.54 Å². The molecule has 2 heteroatoms. The van der Waals surface area contributed by atoms with Crippen molar-refractivity contribution >= 4 is 0 Å². The van der Waals surface area contributed by atoms with Crippen molar-refractivity contribution in [2.45, 2.75) is 72.3 Å². The van der Waals surface area contributed by atoms with Gasteiger partial charge < -0.3 is 5.73 Å². The molecule has 2 nitrogen and oxygen atoms in total. The molecule has 0 radical (unpaired) electrons. The van der Waals surface area contributed by atoms with Crippen molar-refractivity contribution in [3.63, 3.8) is 0 Å². The highest BCUT2D eigenvalue weighted by Gasteiger charge is 2.48. The van der Waals surface area contributed by atoms with Crippen LogP contribution in [0.4, 0.5) is 0 Å². The Hall–Kier alpha value is -0.0800. The fraction of sp³-hybridized carbons (Fsp3) is 1.00. The van der Waals surface area contributed by atoms with Crippen LogP contribution >= 0.6 is 0 Å². The molecular weight excluding hydrogens is 220 g/mol. The summed E-state index contributed by atoms with van der Waals surface area (Å²) in [4.78, 5) is 2.69. The predicted molar refractivity (Wildman–Crippen MR) is 80.7 cm³/mol. The molecule has 0 bridgehead atoms. The van der Waals surface area contributed by atoms with E-state index < -0.39 is 0 Å². The molecule has 1 saturated carbocycles. The second kappa shape index (κ2) is 6.38. The van der Waals surface area contributed by atoms with Crippen molar-refractivity contribution in [2.75, 3.05) is 19.6 Å². The molecule has 18 heavy (non-hydrogen) atoms. The van der Waals surface area contributed by atoms with E-state index in [1.807, 2.05) is 0 Å². The van der Waals surface area contributed by atoms with E-state index in [2.05, 4.69) is 39.5 Å². The molecule has 1 fully saturated rings. The summed E-state index contributed by atoms with van der Waals surface area (Å²) < 4.78 is 0. The third kappa shape index (κ3) is 2.91. The zero-order valence-corrected chi connectivity index (χ0v) is 13.3. The van der Waals surface area contributed by atoms with Crippen molar-refractivity contribution in [2.24, 2.45) is 17.1 Å². The predicted octanol–water partition coefficient (Wildman–Crippen LogP) is 3.65. The molecule has 0 aromatic rings. The van der Waals surface area contributed by atoms with Gasteiger partial charge in [0.05, 0.1) is 0 Å². The topological polar surface area (TPSA) is 29.3 Å². The van der Waals surface area contributed by atoms with Gasteiger partial charge in [-0.1, -0.05) is 53.9 Å². The maximum atomic E-state index is 6.27. The minimum Gasteiger partial charge on any atom is -0.329 e. The van der Waals surface area contributed by atoms with Crippen molar-refractivity contribution < 1.29 is 0 Å². The summed E-state index contributed by atoms with van der Waals surface area (Å²) >= 11 is 0. The summed E-state index contributed by atoms with van der Waals surface area (Å²) in [6.07, 6.45) is 6.58. The number of rotatable bonds is 6. The molecule has 0 amide bonds. The summed E-state index contributed by atoms with van der Waals surface area (Å²) in [7, 11) is 0. The molecule has 0 aromatic carbocycles. The van der Waals surface area contributed by atoms with Crippen LogP contribution in [-0.2, 0) is 0 Å². The van der Waals surface area contributed by atoms with Crippen LogP contribution < -0.4 is 5.73 Å². The van der Waals surface area contributed by atoms with Crippen LogP contribution in [0.25, 0.3) is 0 Å². The minimum absolute atomic E-state index is 0.226. The zero-order valence-electron chi connectivity index (χ0n) is 13.3. The van der Waals surface area contributed by atoms with Crippen LogP contribution in [0.1, 0.15) is 66.7 Å². The van der Waals surface area contributed by atoms with Gasteiger partial charge in [-0.3, -0.25) is 4.90 Å². The third-order valence-electron chi connectivity index (χ3n) is 5.46. The van der Waals surface area contributed by atoms with Crippen molar-refractivity contribution in [1.29, 1.82) is 0 Å². The highest BCUT2D eigenvalue weighted by atomic mass is 15.2. The summed E-state index contributed by atoms with van der Waals surface area (Å²) in [5.74, 6) is 0.770. The summed E-state index contributed by atoms with van der Waals surface area (Å²) in [6, 6.07) is 0. The molecule has 2 unspecified atom stereocenters. The van der Waals surface area contributed by atoms with E-state index in [1.165, 1.54) is 38.6 Å². The molecule has 1 aliphatic carbocycles. The van der Waals surface area contributed by atoms with Gasteiger partial charge in [-0.2, -0.15) is 0 Å².